The highest BCUT2D eigenvalue weighted by atomic mass is 32.1. The van der Waals surface area contributed by atoms with Gasteiger partial charge in [0.1, 0.15) is 12.1 Å². The number of cyclic esters (lactones) is 1. The fourth-order valence-corrected chi connectivity index (χ4v) is 6.11. The summed E-state index contributed by atoms with van der Waals surface area (Å²) in [7, 11) is 0. The number of thiocarbonyl (C=S) groups is 2. The molecule has 1 N–H and O–H groups in total. The molecule has 0 spiro atoms. The number of fused-ring (bicyclic) bond motifs is 1. The first-order valence-electron chi connectivity index (χ1n) is 13.5. The number of ether oxygens (including phenoxy) is 1. The Morgan fingerprint density at radius 3 is 2.41 bits per heavy atom. The number of nitrogens with one attached hydrogen (secondary N) is 1. The van der Waals surface area contributed by atoms with Crippen LogP contribution in [0.25, 0.3) is 0 Å². The quantitative estimate of drug-likeness (QED) is 0.270. The van der Waals surface area contributed by atoms with Gasteiger partial charge in [-0.2, -0.15) is 0 Å². The SMILES string of the molecule is CCNC(=S)N1CCN(CCCCCCCN2C(=S)N(c3ccc4c(c3)COC4=O)C(=O)C2(C)C)CC1. The number of carbonyl (C=O) groups is 2. The zero-order chi connectivity index (χ0) is 26.6. The van der Waals surface area contributed by atoms with Gasteiger partial charge in [-0.3, -0.25) is 14.6 Å². The average molecular weight is 546 g/mol. The van der Waals surface area contributed by atoms with E-state index in [1.54, 1.807) is 17.0 Å². The summed E-state index contributed by atoms with van der Waals surface area (Å²) in [6, 6.07) is 5.36. The molecule has 1 aromatic rings. The Balaban J connectivity index is 1.18. The molecule has 1 amide bonds. The molecule has 3 heterocycles. The van der Waals surface area contributed by atoms with Crippen LogP contribution in [0, 0.1) is 0 Å². The third-order valence-electron chi connectivity index (χ3n) is 7.59. The van der Waals surface area contributed by atoms with Crippen LogP contribution in [-0.2, 0) is 16.1 Å². The highest BCUT2D eigenvalue weighted by Crippen LogP contribution is 2.34. The second-order valence-corrected chi connectivity index (χ2v) is 11.2. The Kier molecular flexibility index (Phi) is 9.03. The predicted octanol–water partition coefficient (Wildman–Crippen LogP) is 3.53. The molecule has 2 saturated heterocycles. The van der Waals surface area contributed by atoms with Crippen molar-refractivity contribution in [2.24, 2.45) is 0 Å². The first-order chi connectivity index (χ1) is 17.7. The van der Waals surface area contributed by atoms with Gasteiger partial charge in [0.25, 0.3) is 5.91 Å². The second-order valence-electron chi connectivity index (χ2n) is 10.5. The fraction of sp³-hybridized carbons (Fsp3) is 0.630. The maximum absolute atomic E-state index is 13.3. The van der Waals surface area contributed by atoms with Crippen LogP contribution in [0.4, 0.5) is 5.69 Å². The van der Waals surface area contributed by atoms with Crippen molar-refractivity contribution in [1.82, 2.24) is 20.0 Å². The molecular weight excluding hydrogens is 506 g/mol. The van der Waals surface area contributed by atoms with Crippen molar-refractivity contribution in [1.29, 1.82) is 0 Å². The van der Waals surface area contributed by atoms with Crippen LogP contribution in [0.5, 0.6) is 0 Å². The van der Waals surface area contributed by atoms with Gasteiger partial charge in [-0.05, 0) is 82.8 Å². The number of unbranched alkanes of at least 4 members (excludes halogenated alkanes) is 4. The minimum absolute atomic E-state index is 0.0333. The summed E-state index contributed by atoms with van der Waals surface area (Å²) in [4.78, 5) is 33.6. The number of amides is 1. The zero-order valence-corrected chi connectivity index (χ0v) is 23.9. The van der Waals surface area contributed by atoms with E-state index in [0.717, 1.165) is 69.3 Å². The molecule has 3 aliphatic rings. The number of anilines is 1. The van der Waals surface area contributed by atoms with E-state index in [1.807, 2.05) is 19.9 Å². The molecule has 4 rings (SSSR count). The molecule has 1 aromatic carbocycles. The minimum Gasteiger partial charge on any atom is -0.457 e. The van der Waals surface area contributed by atoms with Crippen molar-refractivity contribution in [3.8, 4) is 0 Å². The molecule has 0 saturated carbocycles. The van der Waals surface area contributed by atoms with Crippen molar-refractivity contribution >= 4 is 52.2 Å². The standard InChI is InChI=1S/C27H39N5O3S2/c1-4-28-25(36)30-16-14-29(15-17-30)12-8-6-5-7-9-13-31-26(37)32(24(34)27(31,2)3)21-10-11-22-20(18-21)19-35-23(22)33/h10-11,18H,4-9,12-17,19H2,1-3H3,(H,28,36). The van der Waals surface area contributed by atoms with E-state index in [0.29, 0.717) is 16.4 Å². The lowest BCUT2D eigenvalue weighted by molar-refractivity contribution is -0.123. The van der Waals surface area contributed by atoms with E-state index in [2.05, 4.69) is 26.9 Å². The Labute approximate surface area is 231 Å². The summed E-state index contributed by atoms with van der Waals surface area (Å²) in [6.07, 6.45) is 5.72. The fourth-order valence-electron chi connectivity index (χ4n) is 5.27. The van der Waals surface area contributed by atoms with Crippen LogP contribution in [0.2, 0.25) is 0 Å². The second kappa shape index (κ2) is 12.0. The molecule has 202 valence electrons. The molecule has 0 atom stereocenters. The van der Waals surface area contributed by atoms with Crippen LogP contribution in [0.3, 0.4) is 0 Å². The number of hydrogen-bond acceptors (Lipinski definition) is 6. The van der Waals surface area contributed by atoms with E-state index in [9.17, 15) is 9.59 Å². The number of carbonyl (C=O) groups excluding carboxylic acids is 2. The summed E-state index contributed by atoms with van der Waals surface area (Å²) in [6.45, 7) is 13.1. The van der Waals surface area contributed by atoms with Crippen molar-refractivity contribution in [3.05, 3.63) is 29.3 Å². The molecule has 0 bridgehead atoms. The number of esters is 1. The van der Waals surface area contributed by atoms with Gasteiger partial charge in [0.15, 0.2) is 10.2 Å². The first kappa shape index (κ1) is 27.7. The monoisotopic (exact) mass is 545 g/mol. The van der Waals surface area contributed by atoms with E-state index < -0.39 is 5.54 Å². The lowest BCUT2D eigenvalue weighted by atomic mass is 10.0. The van der Waals surface area contributed by atoms with Crippen molar-refractivity contribution in [2.75, 3.05) is 50.7 Å². The Hall–Kier alpha value is -2.30. The molecule has 3 aliphatic heterocycles. The number of rotatable bonds is 10. The molecule has 0 aliphatic carbocycles. The molecular formula is C27H39N5O3S2. The van der Waals surface area contributed by atoms with E-state index >= 15 is 0 Å². The third kappa shape index (κ3) is 6.07. The molecule has 8 nitrogen and oxygen atoms in total. The molecule has 0 radical (unpaired) electrons. The minimum atomic E-state index is -0.695. The van der Waals surface area contributed by atoms with E-state index in [4.69, 9.17) is 29.2 Å². The Bertz CT molecular complexity index is 1040. The highest BCUT2D eigenvalue weighted by molar-refractivity contribution is 7.80. The normalized spacial score (nSPS) is 19.4. The number of benzene rings is 1. The summed E-state index contributed by atoms with van der Waals surface area (Å²) >= 11 is 11.2. The molecule has 0 aromatic heterocycles. The van der Waals surface area contributed by atoms with Crippen molar-refractivity contribution in [3.63, 3.8) is 0 Å². The lowest BCUT2D eigenvalue weighted by Crippen LogP contribution is -2.51. The van der Waals surface area contributed by atoms with Gasteiger partial charge in [-0.25, -0.2) is 4.79 Å². The smallest absolute Gasteiger partial charge is 0.338 e. The highest BCUT2D eigenvalue weighted by Gasteiger charge is 2.49. The number of hydrogen-bond donors (Lipinski definition) is 1. The summed E-state index contributed by atoms with van der Waals surface area (Å²) in [5.41, 5.74) is 1.37. The summed E-state index contributed by atoms with van der Waals surface area (Å²) in [5.74, 6) is -0.347. The maximum atomic E-state index is 13.3. The number of nitrogens with zero attached hydrogens (tertiary/aromatic N) is 4. The van der Waals surface area contributed by atoms with Crippen LogP contribution >= 0.6 is 24.4 Å². The molecule has 10 heteroatoms. The van der Waals surface area contributed by atoms with Gasteiger partial charge in [0.05, 0.1) is 11.3 Å². The average Bonchev–Trinajstić information content (AvgIpc) is 3.33. The first-order valence-corrected chi connectivity index (χ1v) is 14.3. The largest absolute Gasteiger partial charge is 0.457 e. The van der Waals surface area contributed by atoms with Gasteiger partial charge in [0, 0.05) is 44.8 Å². The number of piperazine rings is 1. The molecule has 37 heavy (non-hydrogen) atoms. The van der Waals surface area contributed by atoms with Crippen LogP contribution in [-0.4, -0.2) is 88.2 Å². The van der Waals surface area contributed by atoms with Crippen molar-refractivity contribution < 1.29 is 14.3 Å². The van der Waals surface area contributed by atoms with Crippen LogP contribution in [0.1, 0.15) is 68.8 Å². The molecule has 2 fully saturated rings. The summed E-state index contributed by atoms with van der Waals surface area (Å²) < 4.78 is 5.11. The zero-order valence-electron chi connectivity index (χ0n) is 22.3. The Morgan fingerprint density at radius 2 is 1.70 bits per heavy atom. The Morgan fingerprint density at radius 1 is 1.03 bits per heavy atom. The van der Waals surface area contributed by atoms with E-state index in [1.165, 1.54) is 19.3 Å². The lowest BCUT2D eigenvalue weighted by Gasteiger charge is -2.36. The predicted molar refractivity (Wildman–Crippen MR) is 154 cm³/mol. The maximum Gasteiger partial charge on any atom is 0.338 e. The summed E-state index contributed by atoms with van der Waals surface area (Å²) in [5, 5.41) is 4.66. The van der Waals surface area contributed by atoms with Crippen LogP contribution in [0.15, 0.2) is 18.2 Å². The van der Waals surface area contributed by atoms with Gasteiger partial charge in [0.2, 0.25) is 0 Å². The van der Waals surface area contributed by atoms with Gasteiger partial charge in [-0.1, -0.05) is 19.3 Å². The van der Waals surface area contributed by atoms with Gasteiger partial charge >= 0.3 is 5.97 Å². The van der Waals surface area contributed by atoms with Gasteiger partial charge in [-0.15, -0.1) is 0 Å². The van der Waals surface area contributed by atoms with Crippen molar-refractivity contribution in [2.45, 2.75) is 65.0 Å². The molecule has 0 unspecified atom stereocenters. The van der Waals surface area contributed by atoms with Gasteiger partial charge < -0.3 is 19.9 Å². The van der Waals surface area contributed by atoms with E-state index in [-0.39, 0.29) is 18.5 Å². The topological polar surface area (TPSA) is 68.4 Å². The van der Waals surface area contributed by atoms with Crippen LogP contribution < -0.4 is 10.2 Å². The third-order valence-corrected chi connectivity index (χ3v) is 8.40.